The summed E-state index contributed by atoms with van der Waals surface area (Å²) < 4.78 is 5.77. The lowest BCUT2D eigenvalue weighted by molar-refractivity contribution is 0.0482. The third-order valence-corrected chi connectivity index (χ3v) is 3.57. The number of carbonyl (C=O) groups excluding carboxylic acids is 1. The molecule has 7 heteroatoms. The van der Waals surface area contributed by atoms with Crippen molar-refractivity contribution in [1.82, 2.24) is 14.9 Å². The number of carboxylic acids is 1. The summed E-state index contributed by atoms with van der Waals surface area (Å²) in [5.74, 6) is -0.798. The van der Waals surface area contributed by atoms with Crippen LogP contribution in [0, 0.1) is 5.92 Å². The molecule has 22 heavy (non-hydrogen) atoms. The van der Waals surface area contributed by atoms with Crippen molar-refractivity contribution in [3.8, 4) is 0 Å². The maximum atomic E-state index is 12.3. The predicted molar refractivity (Wildman–Crippen MR) is 78.7 cm³/mol. The Morgan fingerprint density at radius 3 is 2.64 bits per heavy atom. The Balaban J connectivity index is 1.87. The smallest absolute Gasteiger partial charge is 0.356 e. The van der Waals surface area contributed by atoms with Crippen LogP contribution in [-0.4, -0.2) is 57.7 Å². The number of carboxylic acid groups (broad SMARTS) is 1. The second-order valence-electron chi connectivity index (χ2n) is 5.81. The van der Waals surface area contributed by atoms with Gasteiger partial charge in [0.1, 0.15) is 5.69 Å². The van der Waals surface area contributed by atoms with E-state index in [0.717, 1.165) is 19.0 Å². The zero-order valence-corrected chi connectivity index (χ0v) is 12.9. The molecule has 1 aliphatic rings. The molecule has 1 aromatic rings. The molecule has 0 saturated carbocycles. The molecule has 0 radical (unpaired) electrons. The molecule has 120 valence electrons. The molecule has 1 amide bonds. The minimum atomic E-state index is -1.16. The highest BCUT2D eigenvalue weighted by Gasteiger charge is 2.28. The van der Waals surface area contributed by atoms with E-state index in [1.165, 1.54) is 6.20 Å². The van der Waals surface area contributed by atoms with Crippen LogP contribution in [0.15, 0.2) is 12.4 Å². The van der Waals surface area contributed by atoms with Gasteiger partial charge in [-0.2, -0.15) is 0 Å². The lowest BCUT2D eigenvalue weighted by Gasteiger charge is -2.16. The first-order valence-electron chi connectivity index (χ1n) is 7.43. The van der Waals surface area contributed by atoms with Crippen molar-refractivity contribution >= 4 is 11.9 Å². The molecule has 1 unspecified atom stereocenters. The first kappa shape index (κ1) is 16.4. The topological polar surface area (TPSA) is 92.6 Å². The van der Waals surface area contributed by atoms with Crippen LogP contribution in [0.3, 0.4) is 0 Å². The highest BCUT2D eigenvalue weighted by atomic mass is 16.5. The van der Waals surface area contributed by atoms with Gasteiger partial charge in [0.25, 0.3) is 5.91 Å². The minimum absolute atomic E-state index is 0.0638. The van der Waals surface area contributed by atoms with Crippen LogP contribution >= 0.6 is 0 Å². The molecular formula is C15H21N3O4. The van der Waals surface area contributed by atoms with E-state index in [9.17, 15) is 9.59 Å². The summed E-state index contributed by atoms with van der Waals surface area (Å²) in [4.78, 5) is 32.3. The number of ether oxygens (including phenoxy) is 1. The van der Waals surface area contributed by atoms with Gasteiger partial charge in [-0.1, -0.05) is 13.8 Å². The van der Waals surface area contributed by atoms with E-state index in [4.69, 9.17) is 9.84 Å². The van der Waals surface area contributed by atoms with Crippen molar-refractivity contribution in [3.05, 3.63) is 23.8 Å². The molecule has 0 aliphatic carbocycles. The van der Waals surface area contributed by atoms with Gasteiger partial charge in [0, 0.05) is 19.7 Å². The fraction of sp³-hybridized carbons (Fsp3) is 0.600. The molecule has 7 nitrogen and oxygen atoms in total. The number of aromatic carboxylic acids is 1. The van der Waals surface area contributed by atoms with E-state index in [2.05, 4.69) is 23.8 Å². The lowest BCUT2D eigenvalue weighted by Crippen LogP contribution is -2.31. The molecule has 1 N–H and O–H groups in total. The summed E-state index contributed by atoms with van der Waals surface area (Å²) in [6.07, 6.45) is 4.19. The lowest BCUT2D eigenvalue weighted by atomic mass is 10.1. The van der Waals surface area contributed by atoms with Crippen LogP contribution in [0.1, 0.15) is 47.7 Å². The van der Waals surface area contributed by atoms with Gasteiger partial charge in [0.15, 0.2) is 5.69 Å². The average Bonchev–Trinajstić information content (AvgIpc) is 2.95. The quantitative estimate of drug-likeness (QED) is 0.855. The highest BCUT2D eigenvalue weighted by molar-refractivity contribution is 5.93. The number of nitrogens with zero attached hydrogens (tertiary/aromatic N) is 3. The van der Waals surface area contributed by atoms with Crippen molar-refractivity contribution in [2.24, 2.45) is 5.92 Å². The van der Waals surface area contributed by atoms with Crippen molar-refractivity contribution in [1.29, 1.82) is 0 Å². The zero-order valence-electron chi connectivity index (χ0n) is 12.9. The molecule has 1 saturated heterocycles. The molecule has 0 spiro atoms. The van der Waals surface area contributed by atoms with E-state index in [1.807, 2.05) is 0 Å². The number of rotatable bonds is 6. The van der Waals surface area contributed by atoms with Gasteiger partial charge in [-0.05, 0) is 18.8 Å². The van der Waals surface area contributed by atoms with Crippen LogP contribution < -0.4 is 0 Å². The van der Waals surface area contributed by atoms with Gasteiger partial charge >= 0.3 is 5.97 Å². The van der Waals surface area contributed by atoms with Crippen LogP contribution in [0.4, 0.5) is 0 Å². The van der Waals surface area contributed by atoms with Gasteiger partial charge in [-0.25, -0.2) is 14.8 Å². The second-order valence-corrected chi connectivity index (χ2v) is 5.81. The van der Waals surface area contributed by atoms with E-state index >= 15 is 0 Å². The summed E-state index contributed by atoms with van der Waals surface area (Å²) in [6.45, 7) is 6.16. The van der Waals surface area contributed by atoms with Crippen molar-refractivity contribution in [3.63, 3.8) is 0 Å². The molecule has 0 bridgehead atoms. The largest absolute Gasteiger partial charge is 0.476 e. The highest BCUT2D eigenvalue weighted by Crippen LogP contribution is 2.16. The summed E-state index contributed by atoms with van der Waals surface area (Å²) in [5.41, 5.74) is -0.0132. The van der Waals surface area contributed by atoms with Crippen molar-refractivity contribution in [2.45, 2.75) is 32.8 Å². The van der Waals surface area contributed by atoms with Gasteiger partial charge < -0.3 is 14.7 Å². The number of likely N-dealkylation sites (tertiary alicyclic amines) is 1. The first-order valence-corrected chi connectivity index (χ1v) is 7.43. The monoisotopic (exact) mass is 307 g/mol. The third-order valence-electron chi connectivity index (χ3n) is 3.57. The van der Waals surface area contributed by atoms with Crippen LogP contribution in [0.2, 0.25) is 0 Å². The first-order chi connectivity index (χ1) is 10.5. The summed E-state index contributed by atoms with van der Waals surface area (Å²) >= 11 is 0. The Hall–Kier alpha value is -2.02. The Kier molecular flexibility index (Phi) is 5.43. The molecule has 0 aromatic carbocycles. The molecule has 2 heterocycles. The molecule has 2 rings (SSSR count). The Labute approximate surface area is 129 Å². The summed E-state index contributed by atoms with van der Waals surface area (Å²) in [5, 5.41) is 8.77. The van der Waals surface area contributed by atoms with Gasteiger partial charge in [-0.3, -0.25) is 4.79 Å². The molecular weight excluding hydrogens is 286 g/mol. The molecule has 1 aliphatic heterocycles. The summed E-state index contributed by atoms with van der Waals surface area (Å²) in [6, 6.07) is 0. The third kappa shape index (κ3) is 4.24. The minimum Gasteiger partial charge on any atom is -0.476 e. The molecule has 1 atom stereocenters. The number of carbonyl (C=O) groups is 2. The molecule has 1 fully saturated rings. The second kappa shape index (κ2) is 7.31. The number of hydrogen-bond donors (Lipinski definition) is 1. The Bertz CT molecular complexity index is 530. The SMILES string of the molecule is CC(C)CCOC1CCN(C(=O)c2cnc(C(=O)O)cn2)C1. The van der Waals surface area contributed by atoms with Gasteiger partial charge in [-0.15, -0.1) is 0 Å². The number of hydrogen-bond acceptors (Lipinski definition) is 5. The maximum Gasteiger partial charge on any atom is 0.356 e. The predicted octanol–water partition coefficient (Wildman–Crippen LogP) is 1.45. The van der Waals surface area contributed by atoms with Crippen molar-refractivity contribution in [2.75, 3.05) is 19.7 Å². The van der Waals surface area contributed by atoms with Gasteiger partial charge in [0.2, 0.25) is 0 Å². The van der Waals surface area contributed by atoms with Crippen LogP contribution in [0.5, 0.6) is 0 Å². The van der Waals surface area contributed by atoms with E-state index < -0.39 is 5.97 Å². The normalized spacial score (nSPS) is 18.0. The number of amides is 1. The van der Waals surface area contributed by atoms with Crippen molar-refractivity contribution < 1.29 is 19.4 Å². The van der Waals surface area contributed by atoms with E-state index in [0.29, 0.717) is 25.6 Å². The average molecular weight is 307 g/mol. The molecule has 1 aromatic heterocycles. The fourth-order valence-corrected chi connectivity index (χ4v) is 2.23. The fourth-order valence-electron chi connectivity index (χ4n) is 2.23. The van der Waals surface area contributed by atoms with Crippen LogP contribution in [0.25, 0.3) is 0 Å². The van der Waals surface area contributed by atoms with Crippen LogP contribution in [-0.2, 0) is 4.74 Å². The summed E-state index contributed by atoms with van der Waals surface area (Å²) in [7, 11) is 0. The number of aromatic nitrogens is 2. The van der Waals surface area contributed by atoms with E-state index in [-0.39, 0.29) is 23.4 Å². The standard InChI is InChI=1S/C15H21N3O4/c1-10(2)4-6-22-11-3-5-18(9-11)14(19)12-7-17-13(8-16-12)15(20)21/h7-8,10-11H,3-6,9H2,1-2H3,(H,20,21). The Morgan fingerprint density at radius 1 is 1.36 bits per heavy atom. The maximum absolute atomic E-state index is 12.3. The van der Waals surface area contributed by atoms with E-state index in [1.54, 1.807) is 4.90 Å². The Morgan fingerprint density at radius 2 is 2.05 bits per heavy atom. The van der Waals surface area contributed by atoms with Gasteiger partial charge in [0.05, 0.1) is 18.5 Å². The zero-order chi connectivity index (χ0) is 16.1.